The summed E-state index contributed by atoms with van der Waals surface area (Å²) in [6.07, 6.45) is 2.08. The summed E-state index contributed by atoms with van der Waals surface area (Å²) in [7, 11) is 1.96. The van der Waals surface area contributed by atoms with Crippen molar-refractivity contribution in [2.24, 2.45) is 7.05 Å². The summed E-state index contributed by atoms with van der Waals surface area (Å²) in [5.74, 6) is 1.28. The normalized spacial score (nSPS) is 20.8. The van der Waals surface area contributed by atoms with Crippen molar-refractivity contribution in [3.8, 4) is 0 Å². The summed E-state index contributed by atoms with van der Waals surface area (Å²) in [5.41, 5.74) is 2.54. The van der Waals surface area contributed by atoms with Crippen LogP contribution in [0.3, 0.4) is 0 Å². The van der Waals surface area contributed by atoms with Crippen LogP contribution in [0, 0.1) is 0 Å². The molecule has 0 amide bonds. The topological polar surface area (TPSA) is 17.8 Å². The molecule has 1 aromatic carbocycles. The molecule has 3 heteroatoms. The number of aromatic nitrogens is 2. The van der Waals surface area contributed by atoms with Gasteiger partial charge in [-0.1, -0.05) is 6.07 Å². The molecule has 1 fully saturated rings. The van der Waals surface area contributed by atoms with Crippen molar-refractivity contribution in [3.63, 3.8) is 0 Å². The minimum atomic E-state index is 0.754. The van der Waals surface area contributed by atoms with Gasteiger partial charge in [0.2, 0.25) is 0 Å². The zero-order valence-electron chi connectivity index (χ0n) is 7.40. The molecule has 0 N–H and O–H groups in total. The zero-order valence-corrected chi connectivity index (χ0v) is 8.21. The molecule has 1 aliphatic rings. The van der Waals surface area contributed by atoms with Crippen molar-refractivity contribution in [3.05, 3.63) is 30.0 Å². The van der Waals surface area contributed by atoms with Gasteiger partial charge in [-0.15, -0.1) is 0 Å². The van der Waals surface area contributed by atoms with Crippen LogP contribution >= 0.6 is 11.8 Å². The Kier molecular flexibility index (Phi) is 1.44. The van der Waals surface area contributed by atoms with Crippen molar-refractivity contribution in [2.75, 3.05) is 5.75 Å². The van der Waals surface area contributed by atoms with E-state index in [1.165, 1.54) is 16.7 Å². The molecule has 3 rings (SSSR count). The third-order valence-electron chi connectivity index (χ3n) is 2.35. The van der Waals surface area contributed by atoms with Gasteiger partial charge in [-0.3, -0.25) is 4.68 Å². The largest absolute Gasteiger partial charge is 0.275 e. The third-order valence-corrected chi connectivity index (χ3v) is 3.29. The van der Waals surface area contributed by atoms with Crippen LogP contribution in [0.15, 0.2) is 24.4 Å². The Morgan fingerprint density at radius 3 is 3.15 bits per heavy atom. The zero-order chi connectivity index (χ0) is 8.84. The van der Waals surface area contributed by atoms with Gasteiger partial charge in [0.25, 0.3) is 0 Å². The lowest BCUT2D eigenvalue weighted by Crippen LogP contribution is -1.84. The van der Waals surface area contributed by atoms with Gasteiger partial charge >= 0.3 is 0 Å². The number of rotatable bonds is 1. The molecule has 13 heavy (non-hydrogen) atoms. The van der Waals surface area contributed by atoms with Crippen molar-refractivity contribution in [1.82, 2.24) is 9.78 Å². The molecule has 0 radical (unpaired) electrons. The number of nitrogens with zero attached hydrogens (tertiary/aromatic N) is 2. The maximum absolute atomic E-state index is 4.34. The highest BCUT2D eigenvalue weighted by atomic mass is 32.2. The van der Waals surface area contributed by atoms with Crippen LogP contribution in [0.25, 0.3) is 10.9 Å². The van der Waals surface area contributed by atoms with E-state index in [1.54, 1.807) is 0 Å². The standard InChI is InChI=1S/C10H10N2S/c1-12-5-8-4-7(10-6-13-10)2-3-9(8)11-12/h2-5,10H,6H2,1H3. The van der Waals surface area contributed by atoms with Crippen LogP contribution in [0.4, 0.5) is 0 Å². The van der Waals surface area contributed by atoms with Gasteiger partial charge in [-0.05, 0) is 17.7 Å². The fourth-order valence-corrected chi connectivity index (χ4v) is 2.24. The Balaban J connectivity index is 2.20. The Labute approximate surface area is 80.9 Å². The monoisotopic (exact) mass is 190 g/mol. The molecule has 0 aliphatic carbocycles. The van der Waals surface area contributed by atoms with Crippen LogP contribution < -0.4 is 0 Å². The Hall–Kier alpha value is -0.960. The summed E-state index contributed by atoms with van der Waals surface area (Å²) in [6.45, 7) is 0. The van der Waals surface area contributed by atoms with Crippen LogP contribution in [0.5, 0.6) is 0 Å². The molecule has 0 spiro atoms. The molecule has 2 aromatic rings. The summed E-state index contributed by atoms with van der Waals surface area (Å²) in [6, 6.07) is 6.57. The van der Waals surface area contributed by atoms with E-state index in [2.05, 4.69) is 29.5 Å². The molecule has 0 saturated carbocycles. The minimum Gasteiger partial charge on any atom is -0.275 e. The number of thioether (sulfide) groups is 1. The van der Waals surface area contributed by atoms with E-state index in [1.807, 2.05) is 23.5 Å². The molecule has 1 aromatic heterocycles. The van der Waals surface area contributed by atoms with Gasteiger partial charge in [-0.25, -0.2) is 0 Å². The first-order valence-electron chi connectivity index (χ1n) is 4.38. The van der Waals surface area contributed by atoms with Gasteiger partial charge in [-0.2, -0.15) is 16.9 Å². The highest BCUT2D eigenvalue weighted by molar-refractivity contribution is 8.06. The average molecular weight is 190 g/mol. The van der Waals surface area contributed by atoms with E-state index in [-0.39, 0.29) is 0 Å². The molecule has 1 aliphatic heterocycles. The van der Waals surface area contributed by atoms with E-state index in [0.29, 0.717) is 0 Å². The summed E-state index contributed by atoms with van der Waals surface area (Å²) >= 11 is 2.01. The van der Waals surface area contributed by atoms with E-state index >= 15 is 0 Å². The molecule has 0 bridgehead atoms. The van der Waals surface area contributed by atoms with Gasteiger partial charge in [0, 0.05) is 29.6 Å². The molecule has 1 unspecified atom stereocenters. The molecule has 1 atom stereocenters. The number of hydrogen-bond acceptors (Lipinski definition) is 2. The van der Waals surface area contributed by atoms with Crippen molar-refractivity contribution in [1.29, 1.82) is 0 Å². The third kappa shape index (κ3) is 1.23. The lowest BCUT2D eigenvalue weighted by molar-refractivity contribution is 0.780. The van der Waals surface area contributed by atoms with Crippen molar-refractivity contribution < 1.29 is 0 Å². The van der Waals surface area contributed by atoms with E-state index in [4.69, 9.17) is 0 Å². The SMILES string of the molecule is Cn1cc2cc(C3CS3)ccc2n1. The Morgan fingerprint density at radius 1 is 1.54 bits per heavy atom. The number of hydrogen-bond donors (Lipinski definition) is 0. The van der Waals surface area contributed by atoms with Gasteiger partial charge in [0.05, 0.1) is 5.52 Å². The second-order valence-corrected chi connectivity index (χ2v) is 4.68. The molecule has 66 valence electrons. The fourth-order valence-electron chi connectivity index (χ4n) is 1.61. The summed E-state index contributed by atoms with van der Waals surface area (Å²) in [4.78, 5) is 0. The number of benzene rings is 1. The number of fused-ring (bicyclic) bond motifs is 1. The van der Waals surface area contributed by atoms with Crippen LogP contribution in [-0.2, 0) is 7.05 Å². The highest BCUT2D eigenvalue weighted by Gasteiger charge is 2.24. The average Bonchev–Trinajstić information content (AvgIpc) is 2.87. The number of aryl methyl sites for hydroxylation is 1. The summed E-state index contributed by atoms with van der Waals surface area (Å²) in [5, 5.41) is 6.36. The highest BCUT2D eigenvalue weighted by Crippen LogP contribution is 2.46. The predicted molar refractivity (Wildman–Crippen MR) is 55.9 cm³/mol. The van der Waals surface area contributed by atoms with Crippen LogP contribution in [0.2, 0.25) is 0 Å². The smallest absolute Gasteiger partial charge is 0.0923 e. The Morgan fingerprint density at radius 2 is 2.38 bits per heavy atom. The molecular formula is C10H10N2S. The maximum atomic E-state index is 4.34. The first-order chi connectivity index (χ1) is 6.33. The van der Waals surface area contributed by atoms with Gasteiger partial charge in [0.15, 0.2) is 0 Å². The molecule has 2 heterocycles. The molecule has 2 nitrogen and oxygen atoms in total. The first kappa shape index (κ1) is 7.44. The predicted octanol–water partition coefficient (Wildman–Crippen LogP) is 2.36. The van der Waals surface area contributed by atoms with Gasteiger partial charge in [0.1, 0.15) is 0 Å². The minimum absolute atomic E-state index is 0.754. The second-order valence-electron chi connectivity index (χ2n) is 3.44. The maximum Gasteiger partial charge on any atom is 0.0923 e. The first-order valence-corrected chi connectivity index (χ1v) is 5.43. The van der Waals surface area contributed by atoms with Crippen LogP contribution in [0.1, 0.15) is 10.8 Å². The van der Waals surface area contributed by atoms with Crippen molar-refractivity contribution in [2.45, 2.75) is 5.25 Å². The van der Waals surface area contributed by atoms with E-state index in [0.717, 1.165) is 10.8 Å². The molecule has 1 saturated heterocycles. The Bertz CT molecular complexity index is 457. The lowest BCUT2D eigenvalue weighted by atomic mass is 10.1. The van der Waals surface area contributed by atoms with E-state index in [9.17, 15) is 0 Å². The lowest BCUT2D eigenvalue weighted by Gasteiger charge is -1.94. The van der Waals surface area contributed by atoms with Crippen molar-refractivity contribution >= 4 is 22.7 Å². The molecular weight excluding hydrogens is 180 g/mol. The fraction of sp³-hybridized carbons (Fsp3) is 0.300. The summed E-state index contributed by atoms with van der Waals surface area (Å²) < 4.78 is 1.87. The van der Waals surface area contributed by atoms with Crippen LogP contribution in [-0.4, -0.2) is 15.5 Å². The second kappa shape index (κ2) is 2.51. The van der Waals surface area contributed by atoms with Gasteiger partial charge < -0.3 is 0 Å². The van der Waals surface area contributed by atoms with E-state index < -0.39 is 0 Å². The quantitative estimate of drug-likeness (QED) is 0.642.